The summed E-state index contributed by atoms with van der Waals surface area (Å²) in [6, 6.07) is 8.39. The molecule has 0 unspecified atom stereocenters. The van der Waals surface area contributed by atoms with Crippen LogP contribution in [0.4, 0.5) is 0 Å². The number of rotatable bonds is 4. The Labute approximate surface area is 118 Å². The molecule has 1 aromatic heterocycles. The van der Waals surface area contributed by atoms with Crippen LogP contribution >= 0.6 is 27.5 Å². The van der Waals surface area contributed by atoms with Gasteiger partial charge >= 0.3 is 0 Å². The third-order valence-corrected chi connectivity index (χ3v) is 3.27. The van der Waals surface area contributed by atoms with Gasteiger partial charge in [0.1, 0.15) is 12.4 Å². The van der Waals surface area contributed by atoms with Crippen molar-refractivity contribution in [2.45, 2.75) is 6.61 Å². The maximum absolute atomic E-state index is 12.2. The van der Waals surface area contributed by atoms with Gasteiger partial charge in [0.05, 0.1) is 0 Å². The minimum Gasteiger partial charge on any atom is -0.455 e. The maximum Gasteiger partial charge on any atom is 0.229 e. The molecular formula is C13H10BrClO3. The summed E-state index contributed by atoms with van der Waals surface area (Å²) in [5.41, 5.74) is 0.473. The quantitative estimate of drug-likeness (QED) is 0.794. The van der Waals surface area contributed by atoms with Crippen LogP contribution in [0.5, 0.6) is 0 Å². The van der Waals surface area contributed by atoms with Gasteiger partial charge in [-0.2, -0.15) is 0 Å². The summed E-state index contributed by atoms with van der Waals surface area (Å²) in [6.45, 7) is 0.337. The van der Waals surface area contributed by atoms with Crippen molar-refractivity contribution < 1.29 is 13.9 Å². The number of hydrogen-bond acceptors (Lipinski definition) is 3. The summed E-state index contributed by atoms with van der Waals surface area (Å²) in [5, 5.41) is 0.505. The normalized spacial score (nSPS) is 10.6. The fourth-order valence-electron chi connectivity index (χ4n) is 1.52. The number of halogens is 2. The van der Waals surface area contributed by atoms with Gasteiger partial charge < -0.3 is 9.15 Å². The summed E-state index contributed by atoms with van der Waals surface area (Å²) in [4.78, 5) is 12.2. The highest BCUT2D eigenvalue weighted by atomic mass is 79.9. The molecule has 0 spiro atoms. The van der Waals surface area contributed by atoms with Gasteiger partial charge in [-0.25, -0.2) is 0 Å². The van der Waals surface area contributed by atoms with Crippen molar-refractivity contribution >= 4 is 33.3 Å². The average molecular weight is 330 g/mol. The zero-order valence-corrected chi connectivity index (χ0v) is 11.9. The molecule has 18 heavy (non-hydrogen) atoms. The van der Waals surface area contributed by atoms with E-state index in [-0.39, 0.29) is 11.5 Å². The molecule has 2 aromatic rings. The van der Waals surface area contributed by atoms with Crippen LogP contribution in [-0.2, 0) is 11.3 Å². The number of carbonyl (C=O) groups is 1. The van der Waals surface area contributed by atoms with E-state index in [0.29, 0.717) is 27.4 Å². The fourth-order valence-corrected chi connectivity index (χ4v) is 2.12. The molecule has 2 rings (SSSR count). The molecule has 0 bridgehead atoms. The third kappa shape index (κ3) is 2.83. The van der Waals surface area contributed by atoms with Gasteiger partial charge in [-0.3, -0.25) is 4.79 Å². The molecule has 0 saturated heterocycles. The van der Waals surface area contributed by atoms with E-state index in [4.69, 9.17) is 20.8 Å². The van der Waals surface area contributed by atoms with Crippen molar-refractivity contribution in [1.29, 1.82) is 0 Å². The molecule has 5 heteroatoms. The number of furan rings is 1. The first-order chi connectivity index (χ1) is 8.61. The molecule has 0 amide bonds. The zero-order chi connectivity index (χ0) is 13.1. The number of benzene rings is 1. The molecule has 3 nitrogen and oxygen atoms in total. The van der Waals surface area contributed by atoms with Gasteiger partial charge in [0.2, 0.25) is 5.78 Å². The van der Waals surface area contributed by atoms with Crippen LogP contribution in [0.25, 0.3) is 0 Å². The van der Waals surface area contributed by atoms with E-state index in [2.05, 4.69) is 15.9 Å². The molecule has 94 valence electrons. The van der Waals surface area contributed by atoms with E-state index in [1.54, 1.807) is 37.4 Å². The summed E-state index contributed by atoms with van der Waals surface area (Å²) in [7, 11) is 1.57. The van der Waals surface area contributed by atoms with Gasteiger partial charge in [0, 0.05) is 22.2 Å². The van der Waals surface area contributed by atoms with E-state index in [9.17, 15) is 4.79 Å². The molecule has 1 heterocycles. The minimum absolute atomic E-state index is 0.216. The van der Waals surface area contributed by atoms with Gasteiger partial charge in [-0.05, 0) is 30.3 Å². The Morgan fingerprint density at radius 3 is 2.89 bits per heavy atom. The standard InChI is InChI=1S/C13H10BrClO3/c1-17-7-9-3-5-12(18-9)13(16)10-6-8(15)2-4-11(10)14/h2-6H,7H2,1H3. The highest BCUT2D eigenvalue weighted by Gasteiger charge is 2.16. The molecule has 0 radical (unpaired) electrons. The number of ether oxygens (including phenoxy) is 1. The first-order valence-corrected chi connectivity index (χ1v) is 6.36. The summed E-state index contributed by atoms with van der Waals surface area (Å²) < 4.78 is 11.0. The molecule has 0 aliphatic heterocycles. The first kappa shape index (κ1) is 13.3. The summed E-state index contributed by atoms with van der Waals surface area (Å²) in [5.74, 6) is 0.663. The van der Waals surface area contributed by atoms with E-state index in [1.807, 2.05) is 0 Å². The van der Waals surface area contributed by atoms with Crippen LogP contribution < -0.4 is 0 Å². The van der Waals surface area contributed by atoms with E-state index < -0.39 is 0 Å². The van der Waals surface area contributed by atoms with E-state index >= 15 is 0 Å². The van der Waals surface area contributed by atoms with Crippen LogP contribution in [0.3, 0.4) is 0 Å². The Bertz CT molecular complexity index is 577. The number of ketones is 1. The highest BCUT2D eigenvalue weighted by Crippen LogP contribution is 2.24. The third-order valence-electron chi connectivity index (χ3n) is 2.35. The predicted octanol–water partition coefficient (Wildman–Crippen LogP) is 4.07. The Kier molecular flexibility index (Phi) is 4.22. The van der Waals surface area contributed by atoms with Crippen LogP contribution in [0, 0.1) is 0 Å². The molecular weight excluding hydrogens is 319 g/mol. The van der Waals surface area contributed by atoms with E-state index in [1.165, 1.54) is 0 Å². The highest BCUT2D eigenvalue weighted by molar-refractivity contribution is 9.10. The lowest BCUT2D eigenvalue weighted by atomic mass is 10.1. The van der Waals surface area contributed by atoms with Gasteiger partial charge in [0.15, 0.2) is 5.76 Å². The lowest BCUT2D eigenvalue weighted by Crippen LogP contribution is -2.00. The Balaban J connectivity index is 2.32. The van der Waals surface area contributed by atoms with Crippen molar-refractivity contribution in [2.24, 2.45) is 0 Å². The van der Waals surface area contributed by atoms with Gasteiger partial charge in [-0.1, -0.05) is 27.5 Å². The van der Waals surface area contributed by atoms with Crippen molar-refractivity contribution in [3.8, 4) is 0 Å². The number of methoxy groups -OCH3 is 1. The second-order valence-corrected chi connectivity index (χ2v) is 4.94. The molecule has 0 aliphatic carbocycles. The second-order valence-electron chi connectivity index (χ2n) is 3.65. The first-order valence-electron chi connectivity index (χ1n) is 5.19. The van der Waals surface area contributed by atoms with Crippen molar-refractivity contribution in [1.82, 2.24) is 0 Å². The monoisotopic (exact) mass is 328 g/mol. The molecule has 0 aliphatic rings. The molecule has 0 saturated carbocycles. The summed E-state index contributed by atoms with van der Waals surface area (Å²) in [6.07, 6.45) is 0. The van der Waals surface area contributed by atoms with Crippen molar-refractivity contribution in [2.75, 3.05) is 7.11 Å². The molecule has 0 N–H and O–H groups in total. The predicted molar refractivity (Wildman–Crippen MR) is 72.0 cm³/mol. The number of hydrogen-bond donors (Lipinski definition) is 0. The molecule has 0 fully saturated rings. The van der Waals surface area contributed by atoms with E-state index in [0.717, 1.165) is 0 Å². The van der Waals surface area contributed by atoms with Crippen LogP contribution in [0.15, 0.2) is 39.2 Å². The molecule has 1 aromatic carbocycles. The Morgan fingerprint density at radius 1 is 1.39 bits per heavy atom. The van der Waals surface area contributed by atoms with Crippen molar-refractivity contribution in [3.63, 3.8) is 0 Å². The van der Waals surface area contributed by atoms with Crippen LogP contribution in [-0.4, -0.2) is 12.9 Å². The van der Waals surface area contributed by atoms with Crippen LogP contribution in [0.1, 0.15) is 21.9 Å². The van der Waals surface area contributed by atoms with Gasteiger partial charge in [-0.15, -0.1) is 0 Å². The Hall–Kier alpha value is -1.10. The zero-order valence-electron chi connectivity index (χ0n) is 9.57. The topological polar surface area (TPSA) is 39.4 Å². The SMILES string of the molecule is COCc1ccc(C(=O)c2cc(Cl)ccc2Br)o1. The van der Waals surface area contributed by atoms with Crippen molar-refractivity contribution in [3.05, 3.63) is 56.9 Å². The largest absolute Gasteiger partial charge is 0.455 e. The van der Waals surface area contributed by atoms with Crippen LogP contribution in [0.2, 0.25) is 5.02 Å². The average Bonchev–Trinajstić information content (AvgIpc) is 2.80. The smallest absolute Gasteiger partial charge is 0.229 e. The number of carbonyl (C=O) groups excluding carboxylic acids is 1. The lowest BCUT2D eigenvalue weighted by molar-refractivity contribution is 0.0999. The Morgan fingerprint density at radius 2 is 2.17 bits per heavy atom. The summed E-state index contributed by atoms with van der Waals surface area (Å²) >= 11 is 9.20. The lowest BCUT2D eigenvalue weighted by Gasteiger charge is -2.02. The maximum atomic E-state index is 12.2. The fraction of sp³-hybridized carbons (Fsp3) is 0.154. The molecule has 0 atom stereocenters. The van der Waals surface area contributed by atoms with Gasteiger partial charge in [0.25, 0.3) is 0 Å². The minimum atomic E-state index is -0.216. The second kappa shape index (κ2) is 5.69.